The number of rotatable bonds is 3. The number of hydrogen-bond donors (Lipinski definition) is 2. The summed E-state index contributed by atoms with van der Waals surface area (Å²) in [6.45, 7) is 8.27. The fourth-order valence-electron chi connectivity index (χ4n) is 2.53. The first-order valence-electron chi connectivity index (χ1n) is 7.18. The third-order valence-corrected chi connectivity index (χ3v) is 4.15. The Balaban J connectivity index is 1.75. The lowest BCUT2D eigenvalue weighted by Gasteiger charge is -2.34. The van der Waals surface area contributed by atoms with E-state index in [-0.39, 0.29) is 11.3 Å². The molecule has 1 aliphatic carbocycles. The quantitative estimate of drug-likeness (QED) is 0.792. The van der Waals surface area contributed by atoms with Crippen molar-refractivity contribution in [3.8, 4) is 0 Å². The molecule has 1 saturated carbocycles. The predicted molar refractivity (Wildman–Crippen MR) is 73.2 cm³/mol. The van der Waals surface area contributed by atoms with Crippen LogP contribution in [0, 0.1) is 5.41 Å². The summed E-state index contributed by atoms with van der Waals surface area (Å²) in [4.78, 5) is 14.6. The Labute approximate surface area is 110 Å². The molecule has 0 aromatic rings. The molecule has 18 heavy (non-hydrogen) atoms. The van der Waals surface area contributed by atoms with Crippen molar-refractivity contribution in [2.45, 2.75) is 64.6 Å². The van der Waals surface area contributed by atoms with E-state index in [0.717, 1.165) is 32.0 Å². The van der Waals surface area contributed by atoms with Crippen molar-refractivity contribution >= 4 is 5.91 Å². The van der Waals surface area contributed by atoms with E-state index in [0.29, 0.717) is 6.04 Å². The fourth-order valence-corrected chi connectivity index (χ4v) is 2.53. The molecule has 1 aliphatic heterocycles. The zero-order chi connectivity index (χ0) is 13.3. The van der Waals surface area contributed by atoms with Gasteiger partial charge in [-0.05, 0) is 31.1 Å². The molecule has 1 atom stereocenters. The van der Waals surface area contributed by atoms with Gasteiger partial charge in [-0.25, -0.2) is 0 Å². The number of amides is 1. The lowest BCUT2D eigenvalue weighted by molar-refractivity contribution is -0.125. The Morgan fingerprint density at radius 1 is 1.22 bits per heavy atom. The molecule has 104 valence electrons. The fraction of sp³-hybridized carbons (Fsp3) is 0.929. The minimum absolute atomic E-state index is 0.00683. The average Bonchev–Trinajstić information content (AvgIpc) is 3.11. The summed E-state index contributed by atoms with van der Waals surface area (Å²) in [6.07, 6.45) is 4.87. The van der Waals surface area contributed by atoms with Crippen molar-refractivity contribution in [1.82, 2.24) is 10.2 Å². The molecule has 2 aliphatic rings. The van der Waals surface area contributed by atoms with E-state index in [1.807, 2.05) is 20.8 Å². The van der Waals surface area contributed by atoms with Crippen LogP contribution in [0.2, 0.25) is 0 Å². The highest BCUT2D eigenvalue weighted by atomic mass is 16.2. The molecular formula is C14H27N3O. The molecule has 1 unspecified atom stereocenters. The van der Waals surface area contributed by atoms with E-state index in [1.54, 1.807) is 0 Å². The monoisotopic (exact) mass is 253 g/mol. The maximum Gasteiger partial charge on any atom is 0.237 e. The van der Waals surface area contributed by atoms with Crippen molar-refractivity contribution in [1.29, 1.82) is 0 Å². The molecule has 0 spiro atoms. The van der Waals surface area contributed by atoms with Crippen LogP contribution in [-0.2, 0) is 4.79 Å². The van der Waals surface area contributed by atoms with Crippen LogP contribution >= 0.6 is 0 Å². The van der Waals surface area contributed by atoms with Crippen LogP contribution in [-0.4, -0.2) is 42.0 Å². The molecule has 1 heterocycles. The molecule has 1 saturated heterocycles. The second-order valence-corrected chi connectivity index (χ2v) is 6.89. The van der Waals surface area contributed by atoms with Gasteiger partial charge in [0.15, 0.2) is 0 Å². The molecule has 1 amide bonds. The normalized spacial score (nSPS) is 24.9. The molecular weight excluding hydrogens is 226 g/mol. The van der Waals surface area contributed by atoms with Crippen molar-refractivity contribution < 1.29 is 4.79 Å². The summed E-state index contributed by atoms with van der Waals surface area (Å²) in [5.74, 6) is 0.00683. The van der Waals surface area contributed by atoms with Crippen LogP contribution in [0.4, 0.5) is 0 Å². The van der Waals surface area contributed by atoms with E-state index in [2.05, 4.69) is 10.2 Å². The van der Waals surface area contributed by atoms with E-state index in [1.165, 1.54) is 12.8 Å². The molecule has 0 radical (unpaired) electrons. The number of piperidine rings is 1. The molecule has 3 N–H and O–H groups in total. The van der Waals surface area contributed by atoms with Crippen molar-refractivity contribution in [2.24, 2.45) is 11.1 Å². The standard InChI is InChI=1S/C14H27N3O/c1-14(2,3)12(15)13(18)16-10-6-8-17(9-7-10)11-4-5-11/h10-12H,4-9,15H2,1-3H3,(H,16,18). The largest absolute Gasteiger partial charge is 0.352 e. The van der Waals surface area contributed by atoms with Crippen molar-refractivity contribution in [2.75, 3.05) is 13.1 Å². The molecule has 0 aromatic heterocycles. The number of hydrogen-bond acceptors (Lipinski definition) is 3. The van der Waals surface area contributed by atoms with Crippen LogP contribution < -0.4 is 11.1 Å². The maximum atomic E-state index is 12.0. The van der Waals surface area contributed by atoms with E-state index >= 15 is 0 Å². The first-order valence-corrected chi connectivity index (χ1v) is 7.18. The van der Waals surface area contributed by atoms with Gasteiger partial charge in [-0.15, -0.1) is 0 Å². The van der Waals surface area contributed by atoms with E-state index in [4.69, 9.17) is 5.73 Å². The molecule has 4 nitrogen and oxygen atoms in total. The van der Waals surface area contributed by atoms with Gasteiger partial charge in [0.05, 0.1) is 6.04 Å². The Kier molecular flexibility index (Phi) is 3.97. The number of likely N-dealkylation sites (tertiary alicyclic amines) is 1. The highest BCUT2D eigenvalue weighted by Crippen LogP contribution is 2.29. The second kappa shape index (κ2) is 5.17. The number of nitrogens with one attached hydrogen (secondary N) is 1. The number of nitrogens with zero attached hydrogens (tertiary/aromatic N) is 1. The first-order chi connectivity index (χ1) is 8.38. The van der Waals surface area contributed by atoms with Crippen LogP contribution in [0.15, 0.2) is 0 Å². The minimum Gasteiger partial charge on any atom is -0.352 e. The summed E-state index contributed by atoms with van der Waals surface area (Å²) >= 11 is 0. The Hall–Kier alpha value is -0.610. The Morgan fingerprint density at radius 2 is 1.78 bits per heavy atom. The molecule has 2 fully saturated rings. The highest BCUT2D eigenvalue weighted by molar-refractivity contribution is 5.82. The average molecular weight is 253 g/mol. The summed E-state index contributed by atoms with van der Waals surface area (Å²) < 4.78 is 0. The lowest BCUT2D eigenvalue weighted by atomic mass is 9.86. The summed E-state index contributed by atoms with van der Waals surface area (Å²) in [5, 5.41) is 3.11. The van der Waals surface area contributed by atoms with Gasteiger partial charge in [-0.2, -0.15) is 0 Å². The topological polar surface area (TPSA) is 58.4 Å². The van der Waals surface area contributed by atoms with Crippen molar-refractivity contribution in [3.05, 3.63) is 0 Å². The van der Waals surface area contributed by atoms with E-state index in [9.17, 15) is 4.79 Å². The van der Waals surface area contributed by atoms with Gasteiger partial charge >= 0.3 is 0 Å². The summed E-state index contributed by atoms with van der Waals surface area (Å²) in [7, 11) is 0. The van der Waals surface area contributed by atoms with Crippen LogP contribution in [0.25, 0.3) is 0 Å². The smallest absolute Gasteiger partial charge is 0.237 e. The van der Waals surface area contributed by atoms with Gasteiger partial charge in [0, 0.05) is 25.2 Å². The Bertz CT molecular complexity index is 299. The zero-order valence-electron chi connectivity index (χ0n) is 11.9. The highest BCUT2D eigenvalue weighted by Gasteiger charge is 2.33. The SMILES string of the molecule is CC(C)(C)C(N)C(=O)NC1CCN(C2CC2)CC1. The summed E-state index contributed by atoms with van der Waals surface area (Å²) in [6, 6.07) is 0.748. The van der Waals surface area contributed by atoms with Gasteiger partial charge in [-0.1, -0.05) is 20.8 Å². The molecule has 2 rings (SSSR count). The molecule has 0 bridgehead atoms. The maximum absolute atomic E-state index is 12.0. The minimum atomic E-state index is -0.418. The first kappa shape index (κ1) is 13.8. The van der Waals surface area contributed by atoms with Crippen LogP contribution in [0.1, 0.15) is 46.5 Å². The van der Waals surface area contributed by atoms with Gasteiger partial charge in [0.1, 0.15) is 0 Å². The van der Waals surface area contributed by atoms with Gasteiger partial charge < -0.3 is 16.0 Å². The number of nitrogens with two attached hydrogens (primary N) is 1. The third-order valence-electron chi connectivity index (χ3n) is 4.15. The second-order valence-electron chi connectivity index (χ2n) is 6.89. The molecule has 0 aromatic carbocycles. The predicted octanol–water partition coefficient (Wildman–Crippen LogP) is 1.10. The Morgan fingerprint density at radius 3 is 2.22 bits per heavy atom. The van der Waals surface area contributed by atoms with Gasteiger partial charge in [0.2, 0.25) is 5.91 Å². The van der Waals surface area contributed by atoms with Crippen LogP contribution in [0.3, 0.4) is 0 Å². The third kappa shape index (κ3) is 3.45. The van der Waals surface area contributed by atoms with Crippen LogP contribution in [0.5, 0.6) is 0 Å². The number of carbonyl (C=O) groups is 1. The lowest BCUT2D eigenvalue weighted by Crippen LogP contribution is -2.53. The summed E-state index contributed by atoms with van der Waals surface area (Å²) in [5.41, 5.74) is 5.81. The van der Waals surface area contributed by atoms with Crippen molar-refractivity contribution in [3.63, 3.8) is 0 Å². The number of carbonyl (C=O) groups excluding carboxylic acids is 1. The zero-order valence-corrected chi connectivity index (χ0v) is 11.9. The molecule has 4 heteroatoms. The van der Waals surface area contributed by atoms with Gasteiger partial charge in [-0.3, -0.25) is 4.79 Å². The van der Waals surface area contributed by atoms with Gasteiger partial charge in [0.25, 0.3) is 0 Å². The van der Waals surface area contributed by atoms with E-state index < -0.39 is 6.04 Å².